The van der Waals surface area contributed by atoms with Crippen LogP contribution in [0, 0.1) is 11.3 Å². The summed E-state index contributed by atoms with van der Waals surface area (Å²) in [5.41, 5.74) is 0.524. The topological polar surface area (TPSA) is 12.0 Å². The molecule has 102 valence electrons. The van der Waals surface area contributed by atoms with Crippen LogP contribution in [0.3, 0.4) is 0 Å². The van der Waals surface area contributed by atoms with Crippen molar-refractivity contribution < 1.29 is 0 Å². The fraction of sp³-hybridized carbons (Fsp3) is 0.750. The van der Waals surface area contributed by atoms with E-state index in [0.29, 0.717) is 5.41 Å². The summed E-state index contributed by atoms with van der Waals surface area (Å²) in [6.07, 6.45) is 5.35. The van der Waals surface area contributed by atoms with Gasteiger partial charge in [-0.1, -0.05) is 26.8 Å². The van der Waals surface area contributed by atoms with Crippen LogP contribution in [0.1, 0.15) is 57.2 Å². The molecule has 0 bridgehead atoms. The second kappa shape index (κ2) is 6.21. The summed E-state index contributed by atoms with van der Waals surface area (Å²) in [6.45, 7) is 9.48. The number of hydrogen-bond donors (Lipinski definition) is 1. The van der Waals surface area contributed by atoms with Crippen molar-refractivity contribution in [1.82, 2.24) is 5.32 Å². The molecule has 1 nitrogen and oxygen atoms in total. The molecule has 1 heterocycles. The van der Waals surface area contributed by atoms with E-state index in [4.69, 9.17) is 0 Å². The quantitative estimate of drug-likeness (QED) is 0.764. The van der Waals surface area contributed by atoms with Gasteiger partial charge in [0, 0.05) is 4.88 Å². The zero-order valence-electron chi connectivity index (χ0n) is 12.0. The molecule has 1 N–H and O–H groups in total. The summed E-state index contributed by atoms with van der Waals surface area (Å²) in [4.78, 5) is 1.60. The zero-order valence-corrected chi connectivity index (χ0v) is 12.9. The lowest BCUT2D eigenvalue weighted by molar-refractivity contribution is 0.161. The average Bonchev–Trinajstić information content (AvgIpc) is 2.84. The van der Waals surface area contributed by atoms with Crippen LogP contribution in [-0.2, 0) is 0 Å². The molecule has 1 aliphatic carbocycles. The van der Waals surface area contributed by atoms with Crippen LogP contribution in [-0.4, -0.2) is 13.1 Å². The predicted octanol–water partition coefficient (Wildman–Crippen LogP) is 4.66. The Morgan fingerprint density at radius 2 is 2.28 bits per heavy atom. The minimum absolute atomic E-state index is 0.524. The number of rotatable bonds is 5. The van der Waals surface area contributed by atoms with Crippen molar-refractivity contribution in [2.75, 3.05) is 13.1 Å². The Kier molecular flexibility index (Phi) is 4.85. The van der Waals surface area contributed by atoms with Gasteiger partial charge in [-0.15, -0.1) is 11.3 Å². The maximum Gasteiger partial charge on any atom is 0.00796 e. The van der Waals surface area contributed by atoms with Crippen molar-refractivity contribution in [3.63, 3.8) is 0 Å². The van der Waals surface area contributed by atoms with E-state index in [1.165, 1.54) is 32.2 Å². The standard InChI is InChI=1S/C16H27NS/c1-4-9-17-12-13-7-8-16(2,3)11-14(13)15-6-5-10-18-15/h5-6,10,13-14,17H,4,7-9,11-12H2,1-3H3. The van der Waals surface area contributed by atoms with Crippen molar-refractivity contribution in [2.24, 2.45) is 11.3 Å². The Morgan fingerprint density at radius 1 is 1.44 bits per heavy atom. The lowest BCUT2D eigenvalue weighted by Gasteiger charge is -2.40. The first-order valence-electron chi connectivity index (χ1n) is 7.36. The highest BCUT2D eigenvalue weighted by Gasteiger charge is 2.35. The molecule has 0 aliphatic heterocycles. The molecule has 1 fully saturated rings. The summed E-state index contributed by atoms with van der Waals surface area (Å²) in [6, 6.07) is 4.54. The van der Waals surface area contributed by atoms with E-state index < -0.39 is 0 Å². The third kappa shape index (κ3) is 3.58. The Morgan fingerprint density at radius 3 is 2.94 bits per heavy atom. The van der Waals surface area contributed by atoms with Gasteiger partial charge in [0.05, 0.1) is 0 Å². The summed E-state index contributed by atoms with van der Waals surface area (Å²) in [7, 11) is 0. The van der Waals surface area contributed by atoms with Gasteiger partial charge < -0.3 is 5.32 Å². The fourth-order valence-electron chi connectivity index (χ4n) is 3.19. The van der Waals surface area contributed by atoms with Gasteiger partial charge in [-0.3, -0.25) is 0 Å². The molecule has 2 unspecified atom stereocenters. The molecular weight excluding hydrogens is 238 g/mol. The Labute approximate surface area is 116 Å². The molecule has 2 heteroatoms. The summed E-state index contributed by atoms with van der Waals surface area (Å²) in [5, 5.41) is 5.86. The molecule has 0 saturated heterocycles. The van der Waals surface area contributed by atoms with Crippen LogP contribution < -0.4 is 5.32 Å². The van der Waals surface area contributed by atoms with E-state index in [1.807, 2.05) is 11.3 Å². The first-order chi connectivity index (χ1) is 8.62. The molecule has 0 radical (unpaired) electrons. The van der Waals surface area contributed by atoms with Gasteiger partial charge in [0.25, 0.3) is 0 Å². The van der Waals surface area contributed by atoms with Gasteiger partial charge in [-0.05, 0) is 67.5 Å². The van der Waals surface area contributed by atoms with Crippen LogP contribution in [0.5, 0.6) is 0 Å². The molecular formula is C16H27NS. The molecule has 1 aromatic heterocycles. The molecule has 0 aromatic carbocycles. The van der Waals surface area contributed by atoms with E-state index >= 15 is 0 Å². The van der Waals surface area contributed by atoms with Gasteiger partial charge >= 0.3 is 0 Å². The third-order valence-corrected chi connectivity index (χ3v) is 5.28. The van der Waals surface area contributed by atoms with Crippen LogP contribution in [0.4, 0.5) is 0 Å². The van der Waals surface area contributed by atoms with Gasteiger partial charge in [0.1, 0.15) is 0 Å². The maximum atomic E-state index is 3.63. The van der Waals surface area contributed by atoms with Crippen molar-refractivity contribution in [2.45, 2.75) is 52.4 Å². The number of hydrogen-bond acceptors (Lipinski definition) is 2. The van der Waals surface area contributed by atoms with Crippen LogP contribution >= 0.6 is 11.3 Å². The smallest absolute Gasteiger partial charge is 0.00796 e. The minimum atomic E-state index is 0.524. The lowest BCUT2D eigenvalue weighted by Crippen LogP contribution is -2.34. The highest BCUT2D eigenvalue weighted by Crippen LogP contribution is 2.47. The molecule has 1 aromatic rings. The second-order valence-corrected chi connectivity index (χ2v) is 7.47. The second-order valence-electron chi connectivity index (χ2n) is 6.49. The van der Waals surface area contributed by atoms with Crippen molar-refractivity contribution >= 4 is 11.3 Å². The SMILES string of the molecule is CCCNCC1CCC(C)(C)CC1c1cccs1. The average molecular weight is 265 g/mol. The normalized spacial score (nSPS) is 27.3. The summed E-state index contributed by atoms with van der Waals surface area (Å²) in [5.74, 6) is 1.61. The van der Waals surface area contributed by atoms with Crippen LogP contribution in [0.25, 0.3) is 0 Å². The lowest BCUT2D eigenvalue weighted by atomic mass is 9.66. The molecule has 1 saturated carbocycles. The Bertz CT molecular complexity index is 342. The maximum absolute atomic E-state index is 3.63. The predicted molar refractivity (Wildman–Crippen MR) is 81.3 cm³/mol. The van der Waals surface area contributed by atoms with Crippen LogP contribution in [0.15, 0.2) is 17.5 Å². The van der Waals surface area contributed by atoms with E-state index in [-0.39, 0.29) is 0 Å². The molecule has 2 rings (SSSR count). The number of thiophene rings is 1. The first kappa shape index (κ1) is 14.1. The molecule has 1 aliphatic rings. The van der Waals surface area contributed by atoms with Crippen molar-refractivity contribution in [3.8, 4) is 0 Å². The van der Waals surface area contributed by atoms with E-state index in [0.717, 1.165) is 18.4 Å². The third-order valence-electron chi connectivity index (χ3n) is 4.28. The minimum Gasteiger partial charge on any atom is -0.316 e. The highest BCUT2D eigenvalue weighted by atomic mass is 32.1. The van der Waals surface area contributed by atoms with Gasteiger partial charge in [0.2, 0.25) is 0 Å². The van der Waals surface area contributed by atoms with Gasteiger partial charge in [-0.25, -0.2) is 0 Å². The number of nitrogens with one attached hydrogen (secondary N) is 1. The molecule has 2 atom stereocenters. The van der Waals surface area contributed by atoms with Gasteiger partial charge in [0.15, 0.2) is 0 Å². The monoisotopic (exact) mass is 265 g/mol. The first-order valence-corrected chi connectivity index (χ1v) is 8.24. The summed E-state index contributed by atoms with van der Waals surface area (Å²) < 4.78 is 0. The molecule has 0 spiro atoms. The highest BCUT2D eigenvalue weighted by molar-refractivity contribution is 7.10. The molecule has 0 amide bonds. The van der Waals surface area contributed by atoms with E-state index in [2.05, 4.69) is 43.6 Å². The van der Waals surface area contributed by atoms with Crippen molar-refractivity contribution in [1.29, 1.82) is 0 Å². The Hall–Kier alpha value is -0.340. The van der Waals surface area contributed by atoms with E-state index in [9.17, 15) is 0 Å². The Balaban J connectivity index is 2.03. The summed E-state index contributed by atoms with van der Waals surface area (Å²) >= 11 is 1.95. The zero-order chi connectivity index (χ0) is 13.0. The fourth-order valence-corrected chi connectivity index (χ4v) is 4.11. The van der Waals surface area contributed by atoms with Crippen LogP contribution in [0.2, 0.25) is 0 Å². The van der Waals surface area contributed by atoms with Gasteiger partial charge in [-0.2, -0.15) is 0 Å². The molecule has 18 heavy (non-hydrogen) atoms. The van der Waals surface area contributed by atoms with Crippen molar-refractivity contribution in [3.05, 3.63) is 22.4 Å². The largest absolute Gasteiger partial charge is 0.316 e. The van der Waals surface area contributed by atoms with E-state index in [1.54, 1.807) is 4.88 Å².